The van der Waals surface area contributed by atoms with Crippen LogP contribution in [0.1, 0.15) is 31.7 Å². The quantitative estimate of drug-likeness (QED) is 0.753. The minimum Gasteiger partial charge on any atom is -0.481 e. The summed E-state index contributed by atoms with van der Waals surface area (Å²) < 4.78 is 0. The maximum absolute atomic E-state index is 10.6. The summed E-state index contributed by atoms with van der Waals surface area (Å²) in [5, 5.41) is 8.73. The second kappa shape index (κ2) is 7.85. The highest BCUT2D eigenvalue weighted by Crippen LogP contribution is 2.06. The third-order valence-corrected chi connectivity index (χ3v) is 2.72. The molecule has 0 bridgehead atoms. The zero-order valence-electron chi connectivity index (χ0n) is 10.4. The summed E-state index contributed by atoms with van der Waals surface area (Å²) in [5.41, 5.74) is 1.24. The Kier molecular flexibility index (Phi) is 6.33. The summed E-state index contributed by atoms with van der Waals surface area (Å²) in [4.78, 5) is 12.8. The van der Waals surface area contributed by atoms with Crippen molar-refractivity contribution in [1.29, 1.82) is 0 Å². The molecule has 0 aliphatic rings. The molecule has 0 unspecified atom stereocenters. The van der Waals surface area contributed by atoms with Crippen molar-refractivity contribution in [3.63, 3.8) is 0 Å². The van der Waals surface area contributed by atoms with E-state index in [-0.39, 0.29) is 6.42 Å². The molecule has 0 saturated heterocycles. The largest absolute Gasteiger partial charge is 0.481 e. The SMILES string of the molecule is CCCCN(CCC(=O)O)Cc1ccccc1. The van der Waals surface area contributed by atoms with E-state index < -0.39 is 5.97 Å². The van der Waals surface area contributed by atoms with Crippen molar-refractivity contribution < 1.29 is 9.90 Å². The first-order valence-electron chi connectivity index (χ1n) is 6.20. The van der Waals surface area contributed by atoms with E-state index in [4.69, 9.17) is 5.11 Å². The van der Waals surface area contributed by atoms with Gasteiger partial charge in [-0.2, -0.15) is 0 Å². The van der Waals surface area contributed by atoms with Crippen molar-refractivity contribution in [3.8, 4) is 0 Å². The van der Waals surface area contributed by atoms with E-state index in [0.29, 0.717) is 6.54 Å². The molecule has 3 heteroatoms. The van der Waals surface area contributed by atoms with E-state index in [9.17, 15) is 4.79 Å². The second-order valence-electron chi connectivity index (χ2n) is 4.26. The van der Waals surface area contributed by atoms with Crippen LogP contribution in [0.5, 0.6) is 0 Å². The van der Waals surface area contributed by atoms with Crippen molar-refractivity contribution >= 4 is 5.97 Å². The summed E-state index contributed by atoms with van der Waals surface area (Å²) in [7, 11) is 0. The molecule has 0 aromatic heterocycles. The predicted octanol–water partition coefficient (Wildman–Crippen LogP) is 2.76. The Balaban J connectivity index is 2.47. The van der Waals surface area contributed by atoms with Crippen LogP contribution in [0.2, 0.25) is 0 Å². The molecule has 0 radical (unpaired) electrons. The molecular weight excluding hydrogens is 214 g/mol. The predicted molar refractivity (Wildman–Crippen MR) is 68.9 cm³/mol. The van der Waals surface area contributed by atoms with E-state index in [2.05, 4.69) is 24.0 Å². The number of hydrogen-bond donors (Lipinski definition) is 1. The van der Waals surface area contributed by atoms with Gasteiger partial charge in [-0.05, 0) is 18.5 Å². The molecule has 1 rings (SSSR count). The van der Waals surface area contributed by atoms with Crippen molar-refractivity contribution in [2.45, 2.75) is 32.7 Å². The molecule has 94 valence electrons. The first-order chi connectivity index (χ1) is 8.22. The molecule has 0 saturated carbocycles. The smallest absolute Gasteiger partial charge is 0.304 e. The number of carbonyl (C=O) groups is 1. The number of aliphatic carboxylic acids is 1. The lowest BCUT2D eigenvalue weighted by molar-refractivity contribution is -0.137. The van der Waals surface area contributed by atoms with Crippen molar-refractivity contribution in [1.82, 2.24) is 4.90 Å². The van der Waals surface area contributed by atoms with E-state index in [1.54, 1.807) is 0 Å². The number of unbranched alkanes of at least 4 members (excludes halogenated alkanes) is 1. The molecule has 0 aliphatic heterocycles. The van der Waals surface area contributed by atoms with Gasteiger partial charge in [-0.25, -0.2) is 0 Å². The van der Waals surface area contributed by atoms with Crippen LogP contribution in [0.3, 0.4) is 0 Å². The summed E-state index contributed by atoms with van der Waals surface area (Å²) in [6.07, 6.45) is 2.47. The molecule has 1 aromatic rings. The summed E-state index contributed by atoms with van der Waals surface area (Å²) in [5.74, 6) is -0.723. The van der Waals surface area contributed by atoms with Gasteiger partial charge in [-0.1, -0.05) is 43.7 Å². The zero-order valence-corrected chi connectivity index (χ0v) is 10.4. The van der Waals surface area contributed by atoms with Gasteiger partial charge in [-0.15, -0.1) is 0 Å². The van der Waals surface area contributed by atoms with Crippen LogP contribution in [-0.4, -0.2) is 29.1 Å². The van der Waals surface area contributed by atoms with Crippen LogP contribution in [0.4, 0.5) is 0 Å². The van der Waals surface area contributed by atoms with E-state index in [0.717, 1.165) is 25.9 Å². The van der Waals surface area contributed by atoms with Gasteiger partial charge in [0.15, 0.2) is 0 Å². The van der Waals surface area contributed by atoms with E-state index in [1.807, 2.05) is 18.2 Å². The molecule has 0 atom stereocenters. The standard InChI is InChI=1S/C14H21NO2/c1-2-3-10-15(11-9-14(16)17)12-13-7-5-4-6-8-13/h4-8H,2-3,9-12H2,1H3,(H,16,17). The lowest BCUT2D eigenvalue weighted by Crippen LogP contribution is -2.27. The Morgan fingerprint density at radius 3 is 2.53 bits per heavy atom. The van der Waals surface area contributed by atoms with Gasteiger partial charge in [0.1, 0.15) is 0 Å². The fourth-order valence-corrected chi connectivity index (χ4v) is 1.75. The van der Waals surface area contributed by atoms with Gasteiger partial charge in [0.05, 0.1) is 6.42 Å². The van der Waals surface area contributed by atoms with Crippen LogP contribution in [0, 0.1) is 0 Å². The van der Waals surface area contributed by atoms with Gasteiger partial charge in [0.25, 0.3) is 0 Å². The van der Waals surface area contributed by atoms with Crippen LogP contribution in [-0.2, 0) is 11.3 Å². The third kappa shape index (κ3) is 6.07. The van der Waals surface area contributed by atoms with Gasteiger partial charge in [-0.3, -0.25) is 9.69 Å². The van der Waals surface area contributed by atoms with Crippen LogP contribution in [0.25, 0.3) is 0 Å². The monoisotopic (exact) mass is 235 g/mol. The highest BCUT2D eigenvalue weighted by molar-refractivity contribution is 5.66. The maximum Gasteiger partial charge on any atom is 0.304 e. The Hall–Kier alpha value is -1.35. The topological polar surface area (TPSA) is 40.5 Å². The van der Waals surface area contributed by atoms with Gasteiger partial charge >= 0.3 is 5.97 Å². The molecule has 0 heterocycles. The summed E-state index contributed by atoms with van der Waals surface area (Å²) >= 11 is 0. The fraction of sp³-hybridized carbons (Fsp3) is 0.500. The number of carboxylic acids is 1. The zero-order chi connectivity index (χ0) is 12.5. The summed E-state index contributed by atoms with van der Waals surface area (Å²) in [6.45, 7) is 4.59. The Morgan fingerprint density at radius 1 is 1.24 bits per heavy atom. The Bertz CT molecular complexity index is 324. The third-order valence-electron chi connectivity index (χ3n) is 2.72. The van der Waals surface area contributed by atoms with Crippen LogP contribution in [0.15, 0.2) is 30.3 Å². The van der Waals surface area contributed by atoms with Gasteiger partial charge in [0, 0.05) is 13.1 Å². The van der Waals surface area contributed by atoms with Gasteiger partial charge in [0.2, 0.25) is 0 Å². The maximum atomic E-state index is 10.6. The number of benzene rings is 1. The lowest BCUT2D eigenvalue weighted by Gasteiger charge is -2.21. The summed E-state index contributed by atoms with van der Waals surface area (Å²) in [6, 6.07) is 10.2. The first-order valence-corrected chi connectivity index (χ1v) is 6.20. The van der Waals surface area contributed by atoms with E-state index in [1.165, 1.54) is 5.56 Å². The molecule has 1 N–H and O–H groups in total. The molecular formula is C14H21NO2. The Morgan fingerprint density at radius 2 is 1.94 bits per heavy atom. The molecule has 3 nitrogen and oxygen atoms in total. The highest BCUT2D eigenvalue weighted by atomic mass is 16.4. The van der Waals surface area contributed by atoms with Gasteiger partial charge < -0.3 is 5.11 Å². The van der Waals surface area contributed by atoms with Crippen LogP contribution < -0.4 is 0 Å². The van der Waals surface area contributed by atoms with E-state index >= 15 is 0 Å². The second-order valence-corrected chi connectivity index (χ2v) is 4.26. The number of carboxylic acid groups (broad SMARTS) is 1. The molecule has 0 spiro atoms. The first kappa shape index (κ1) is 13.7. The van der Waals surface area contributed by atoms with Crippen molar-refractivity contribution in [3.05, 3.63) is 35.9 Å². The molecule has 0 aliphatic carbocycles. The normalized spacial score (nSPS) is 10.7. The average Bonchev–Trinajstić information content (AvgIpc) is 2.34. The number of nitrogens with zero attached hydrogens (tertiary/aromatic N) is 1. The molecule has 1 aromatic carbocycles. The minimum absolute atomic E-state index is 0.219. The average molecular weight is 235 g/mol. The van der Waals surface area contributed by atoms with Crippen molar-refractivity contribution in [2.75, 3.05) is 13.1 Å². The minimum atomic E-state index is -0.723. The number of hydrogen-bond acceptors (Lipinski definition) is 2. The lowest BCUT2D eigenvalue weighted by atomic mass is 10.2. The van der Waals surface area contributed by atoms with Crippen molar-refractivity contribution in [2.24, 2.45) is 0 Å². The number of rotatable bonds is 8. The Labute approximate surface area is 103 Å². The fourth-order valence-electron chi connectivity index (χ4n) is 1.75. The molecule has 0 fully saturated rings. The molecule has 17 heavy (non-hydrogen) atoms. The molecule has 0 amide bonds. The van der Waals surface area contributed by atoms with Crippen LogP contribution >= 0.6 is 0 Å². The highest BCUT2D eigenvalue weighted by Gasteiger charge is 2.07.